The fourth-order valence-electron chi connectivity index (χ4n) is 4.17. The van der Waals surface area contributed by atoms with Gasteiger partial charge in [0.25, 0.3) is 18.3 Å². The lowest BCUT2D eigenvalue weighted by Crippen LogP contribution is -2.54. The van der Waals surface area contributed by atoms with E-state index in [1.807, 2.05) is 0 Å². The number of primary amides is 1. The quantitative estimate of drug-likeness (QED) is 0.0629. The normalized spacial score (nSPS) is 13.7. The molecule has 0 unspecified atom stereocenters. The predicted molar refractivity (Wildman–Crippen MR) is 164 cm³/mol. The molecule has 16 nitrogen and oxygen atoms in total. The van der Waals surface area contributed by atoms with Crippen molar-refractivity contribution in [1.82, 2.24) is 20.9 Å². The lowest BCUT2D eigenvalue weighted by Gasteiger charge is -2.25. The zero-order valence-electron chi connectivity index (χ0n) is 26.0. The van der Waals surface area contributed by atoms with Gasteiger partial charge in [-0.2, -0.15) is 0 Å². The molecule has 16 heteroatoms. The minimum atomic E-state index is -1.00. The Balaban J connectivity index is 1.83. The van der Waals surface area contributed by atoms with Crippen molar-refractivity contribution in [3.63, 3.8) is 0 Å². The van der Waals surface area contributed by atoms with E-state index in [2.05, 4.69) is 21.3 Å². The van der Waals surface area contributed by atoms with Crippen LogP contribution in [0.1, 0.15) is 38.7 Å². The number of amides is 7. The lowest BCUT2D eigenvalue weighted by molar-refractivity contribution is -0.137. The number of ether oxygens (including phenoxy) is 3. The van der Waals surface area contributed by atoms with E-state index in [1.165, 1.54) is 12.2 Å². The van der Waals surface area contributed by atoms with Crippen molar-refractivity contribution in [1.29, 1.82) is 0 Å². The summed E-state index contributed by atoms with van der Waals surface area (Å²) >= 11 is 0. The molecule has 0 bridgehead atoms. The number of hydrogen-bond donors (Lipinski definition) is 5. The number of nitrogens with two attached hydrogens (primary N) is 1. The maximum absolute atomic E-state index is 13.3. The van der Waals surface area contributed by atoms with E-state index in [-0.39, 0.29) is 76.7 Å². The van der Waals surface area contributed by atoms with Crippen LogP contribution < -0.4 is 27.0 Å². The molecule has 0 radical (unpaired) electrons. The number of nitrogens with one attached hydrogen (secondary N) is 4. The van der Waals surface area contributed by atoms with Gasteiger partial charge < -0.3 is 41.2 Å². The molecule has 1 heterocycles. The summed E-state index contributed by atoms with van der Waals surface area (Å²) in [4.78, 5) is 84.5. The molecule has 7 amide bonds. The third-order valence-corrected chi connectivity index (χ3v) is 6.61. The van der Waals surface area contributed by atoms with Crippen LogP contribution in [0.4, 0.5) is 10.5 Å². The Kier molecular flexibility index (Phi) is 16.4. The van der Waals surface area contributed by atoms with Crippen LogP contribution in [-0.2, 0) is 49.6 Å². The number of hydrogen-bond acceptors (Lipinski definition) is 10. The molecular weight excluding hydrogens is 604 g/mol. The maximum Gasteiger partial charge on any atom is 0.312 e. The number of urea groups is 1. The van der Waals surface area contributed by atoms with Gasteiger partial charge in [-0.25, -0.2) is 4.79 Å². The second kappa shape index (κ2) is 20.2. The van der Waals surface area contributed by atoms with Crippen LogP contribution in [-0.4, -0.2) is 98.5 Å². The monoisotopic (exact) mass is 646 g/mol. The Labute approximate surface area is 266 Å². The van der Waals surface area contributed by atoms with Crippen molar-refractivity contribution in [2.45, 2.75) is 51.8 Å². The van der Waals surface area contributed by atoms with Gasteiger partial charge in [0, 0.05) is 30.8 Å². The lowest BCUT2D eigenvalue weighted by atomic mass is 10.0. The van der Waals surface area contributed by atoms with Gasteiger partial charge in [-0.3, -0.25) is 33.7 Å². The first-order valence-electron chi connectivity index (χ1n) is 14.8. The topological polar surface area (TPSA) is 225 Å². The molecule has 1 aliphatic rings. The van der Waals surface area contributed by atoms with E-state index in [0.29, 0.717) is 24.1 Å². The van der Waals surface area contributed by atoms with Crippen LogP contribution >= 0.6 is 0 Å². The third-order valence-electron chi connectivity index (χ3n) is 6.61. The molecular formula is C30H42N6O10. The summed E-state index contributed by atoms with van der Waals surface area (Å²) in [5.41, 5.74) is 6.27. The molecule has 1 aromatic carbocycles. The highest BCUT2D eigenvalue weighted by Gasteiger charge is 2.29. The fourth-order valence-corrected chi connectivity index (χ4v) is 4.17. The minimum Gasteiger partial charge on any atom is -0.463 e. The standard InChI is InChI=1S/C30H42N6O10/c1-20(2)27(35-24(38)11-14-44-16-17-45-15-13-36-25(39)9-10-26(36)40)29(42)34-23(4-3-12-32-30(31)43)28(41)33-22-7-5-21(6-8-22)18-46-19-37/h5-10,19-20,23,27H,3-4,11-18H2,1-2H3,(H,33,41)(H,34,42)(H,35,38)(H3,31,32,43)/t23-,27-/m0/s1. The predicted octanol–water partition coefficient (Wildman–Crippen LogP) is -0.279. The van der Waals surface area contributed by atoms with E-state index in [9.17, 15) is 33.6 Å². The Morgan fingerprint density at radius 1 is 0.913 bits per heavy atom. The Morgan fingerprint density at radius 3 is 2.17 bits per heavy atom. The summed E-state index contributed by atoms with van der Waals surface area (Å²) in [5.74, 6) is -2.59. The molecule has 252 valence electrons. The van der Waals surface area contributed by atoms with Crippen LogP contribution in [0, 0.1) is 5.92 Å². The molecule has 0 fully saturated rings. The van der Waals surface area contributed by atoms with Gasteiger partial charge in [0.05, 0.1) is 33.0 Å². The van der Waals surface area contributed by atoms with Gasteiger partial charge >= 0.3 is 6.03 Å². The number of anilines is 1. The second-order valence-electron chi connectivity index (χ2n) is 10.5. The summed E-state index contributed by atoms with van der Waals surface area (Å²) in [6, 6.07) is 3.92. The molecule has 0 saturated carbocycles. The zero-order chi connectivity index (χ0) is 33.9. The summed E-state index contributed by atoms with van der Waals surface area (Å²) in [7, 11) is 0. The fraction of sp³-hybridized carbons (Fsp3) is 0.500. The van der Waals surface area contributed by atoms with Crippen LogP contribution in [0.25, 0.3) is 0 Å². The van der Waals surface area contributed by atoms with Crippen LogP contribution in [0.2, 0.25) is 0 Å². The van der Waals surface area contributed by atoms with Crippen molar-refractivity contribution in [2.24, 2.45) is 11.7 Å². The van der Waals surface area contributed by atoms with E-state index >= 15 is 0 Å². The summed E-state index contributed by atoms with van der Waals surface area (Å²) < 4.78 is 15.5. The van der Waals surface area contributed by atoms with Gasteiger partial charge in [0.1, 0.15) is 18.7 Å². The number of nitrogens with zero attached hydrogens (tertiary/aromatic N) is 1. The number of carbonyl (C=O) groups is 7. The third kappa shape index (κ3) is 13.9. The van der Waals surface area contributed by atoms with Gasteiger partial charge in [0.15, 0.2) is 0 Å². The van der Waals surface area contributed by atoms with Crippen molar-refractivity contribution in [3.05, 3.63) is 42.0 Å². The van der Waals surface area contributed by atoms with E-state index in [4.69, 9.17) is 19.9 Å². The Hall–Kier alpha value is -4.83. The smallest absolute Gasteiger partial charge is 0.312 e. The first-order valence-corrected chi connectivity index (χ1v) is 14.8. The van der Waals surface area contributed by atoms with Crippen molar-refractivity contribution >= 4 is 47.7 Å². The molecule has 0 saturated heterocycles. The minimum absolute atomic E-state index is 0.0322. The second-order valence-corrected chi connectivity index (χ2v) is 10.5. The highest BCUT2D eigenvalue weighted by Crippen LogP contribution is 2.12. The first-order chi connectivity index (χ1) is 22.0. The SMILES string of the molecule is CC(C)[C@H](NC(=O)CCOCCOCCN1C(=O)C=CC1=O)C(=O)N[C@@H](CCCNC(N)=O)C(=O)Nc1ccc(COC=O)cc1. The maximum atomic E-state index is 13.3. The van der Waals surface area contributed by atoms with Crippen molar-refractivity contribution in [2.75, 3.05) is 44.8 Å². The molecule has 0 aromatic heterocycles. The molecule has 1 aromatic rings. The van der Waals surface area contributed by atoms with E-state index in [0.717, 1.165) is 4.90 Å². The summed E-state index contributed by atoms with van der Waals surface area (Å²) in [6.07, 6.45) is 2.86. The van der Waals surface area contributed by atoms with Gasteiger partial charge in [-0.05, 0) is 36.5 Å². The van der Waals surface area contributed by atoms with Gasteiger partial charge in [-0.1, -0.05) is 26.0 Å². The van der Waals surface area contributed by atoms with E-state index < -0.39 is 35.8 Å². The van der Waals surface area contributed by atoms with Gasteiger partial charge in [0.2, 0.25) is 17.7 Å². The number of benzene rings is 1. The number of rotatable bonds is 22. The molecule has 6 N–H and O–H groups in total. The number of imide groups is 1. The Morgan fingerprint density at radius 2 is 1.57 bits per heavy atom. The van der Waals surface area contributed by atoms with Crippen molar-refractivity contribution in [3.8, 4) is 0 Å². The molecule has 0 spiro atoms. The van der Waals surface area contributed by atoms with Crippen LogP contribution in [0.5, 0.6) is 0 Å². The zero-order valence-corrected chi connectivity index (χ0v) is 26.0. The van der Waals surface area contributed by atoms with Crippen molar-refractivity contribution < 1.29 is 47.8 Å². The molecule has 46 heavy (non-hydrogen) atoms. The molecule has 2 atom stereocenters. The van der Waals surface area contributed by atoms with Crippen LogP contribution in [0.3, 0.4) is 0 Å². The molecule has 1 aliphatic heterocycles. The molecule has 0 aliphatic carbocycles. The highest BCUT2D eigenvalue weighted by atomic mass is 16.5. The average Bonchev–Trinajstić information content (AvgIpc) is 3.34. The number of carbonyl (C=O) groups excluding carboxylic acids is 7. The molecule has 2 rings (SSSR count). The largest absolute Gasteiger partial charge is 0.463 e. The highest BCUT2D eigenvalue weighted by molar-refractivity contribution is 6.12. The van der Waals surface area contributed by atoms with Crippen LogP contribution in [0.15, 0.2) is 36.4 Å². The van der Waals surface area contributed by atoms with Gasteiger partial charge in [-0.15, -0.1) is 0 Å². The van der Waals surface area contributed by atoms with E-state index in [1.54, 1.807) is 38.1 Å². The summed E-state index contributed by atoms with van der Waals surface area (Å²) in [6.45, 7) is 4.82. The summed E-state index contributed by atoms with van der Waals surface area (Å²) in [5, 5.41) is 10.6. The Bertz CT molecular complexity index is 1220. The average molecular weight is 647 g/mol. The first kappa shape index (κ1) is 37.4.